The lowest BCUT2D eigenvalue weighted by molar-refractivity contribution is 1.11. The first-order valence-corrected chi connectivity index (χ1v) is 5.67. The van der Waals surface area contributed by atoms with E-state index in [4.69, 9.17) is 5.73 Å². The maximum Gasteiger partial charge on any atom is 0.0444 e. The van der Waals surface area contributed by atoms with Crippen LogP contribution >= 0.6 is 0 Å². The highest BCUT2D eigenvalue weighted by Crippen LogP contribution is 2.17. The summed E-state index contributed by atoms with van der Waals surface area (Å²) in [4.78, 5) is 2.06. The SMILES string of the molecule is CN(C)c1[c]ccc(Cc2cccc(N)c2)c1. The minimum atomic E-state index is 0.817. The molecular formula is C15H17N2. The van der Waals surface area contributed by atoms with Gasteiger partial charge in [0.1, 0.15) is 0 Å². The lowest BCUT2D eigenvalue weighted by Gasteiger charge is -2.13. The molecule has 0 aliphatic carbocycles. The first-order valence-electron chi connectivity index (χ1n) is 5.67. The predicted octanol–water partition coefficient (Wildman–Crippen LogP) is 2.73. The predicted molar refractivity (Wildman–Crippen MR) is 73.3 cm³/mol. The van der Waals surface area contributed by atoms with E-state index in [0.29, 0.717) is 0 Å². The number of benzene rings is 2. The van der Waals surface area contributed by atoms with Crippen molar-refractivity contribution < 1.29 is 0 Å². The van der Waals surface area contributed by atoms with Crippen LogP contribution in [0.25, 0.3) is 0 Å². The van der Waals surface area contributed by atoms with Crippen LogP contribution in [0.3, 0.4) is 0 Å². The zero-order chi connectivity index (χ0) is 12.3. The lowest BCUT2D eigenvalue weighted by Crippen LogP contribution is -2.08. The molecule has 2 aromatic rings. The van der Waals surface area contributed by atoms with Gasteiger partial charge in [-0.2, -0.15) is 0 Å². The monoisotopic (exact) mass is 225 g/mol. The van der Waals surface area contributed by atoms with E-state index in [1.807, 2.05) is 38.4 Å². The minimum Gasteiger partial charge on any atom is -0.399 e. The molecule has 2 heteroatoms. The molecule has 2 rings (SSSR count). The third-order valence-electron chi connectivity index (χ3n) is 2.69. The molecule has 0 saturated heterocycles. The van der Waals surface area contributed by atoms with Gasteiger partial charge in [0.05, 0.1) is 0 Å². The van der Waals surface area contributed by atoms with E-state index in [2.05, 4.69) is 29.2 Å². The maximum atomic E-state index is 5.78. The Hall–Kier alpha value is -1.96. The quantitative estimate of drug-likeness (QED) is 0.814. The zero-order valence-corrected chi connectivity index (χ0v) is 10.3. The molecule has 1 radical (unpaired) electrons. The Morgan fingerprint density at radius 3 is 2.59 bits per heavy atom. The summed E-state index contributed by atoms with van der Waals surface area (Å²) >= 11 is 0. The highest BCUT2D eigenvalue weighted by atomic mass is 15.1. The van der Waals surface area contributed by atoms with Crippen LogP contribution in [0.15, 0.2) is 42.5 Å². The molecule has 0 bridgehead atoms. The van der Waals surface area contributed by atoms with Gasteiger partial charge in [0.25, 0.3) is 0 Å². The number of nitrogen functional groups attached to an aromatic ring is 1. The van der Waals surface area contributed by atoms with E-state index in [-0.39, 0.29) is 0 Å². The van der Waals surface area contributed by atoms with Crippen molar-refractivity contribution in [3.05, 3.63) is 59.7 Å². The van der Waals surface area contributed by atoms with E-state index in [1.165, 1.54) is 11.1 Å². The van der Waals surface area contributed by atoms with Crippen LogP contribution in [0.4, 0.5) is 11.4 Å². The third kappa shape index (κ3) is 3.00. The molecule has 0 heterocycles. The normalized spacial score (nSPS) is 10.2. The summed E-state index contributed by atoms with van der Waals surface area (Å²) in [6, 6.07) is 17.4. The Kier molecular flexibility index (Phi) is 3.33. The van der Waals surface area contributed by atoms with Crippen LogP contribution in [-0.2, 0) is 6.42 Å². The first kappa shape index (κ1) is 11.5. The molecule has 0 saturated carbocycles. The van der Waals surface area contributed by atoms with Crippen LogP contribution in [-0.4, -0.2) is 14.1 Å². The number of hydrogen-bond acceptors (Lipinski definition) is 2. The van der Waals surface area contributed by atoms with Gasteiger partial charge in [-0.3, -0.25) is 0 Å². The molecule has 0 fully saturated rings. The van der Waals surface area contributed by atoms with Gasteiger partial charge >= 0.3 is 0 Å². The minimum absolute atomic E-state index is 0.817. The lowest BCUT2D eigenvalue weighted by atomic mass is 10.0. The van der Waals surface area contributed by atoms with Crippen molar-refractivity contribution in [2.24, 2.45) is 0 Å². The first-order chi connectivity index (χ1) is 8.15. The Labute approximate surface area is 103 Å². The summed E-state index contributed by atoms with van der Waals surface area (Å²) in [6.45, 7) is 0. The van der Waals surface area contributed by atoms with Crippen molar-refractivity contribution in [3.63, 3.8) is 0 Å². The molecule has 2 aromatic carbocycles. The highest BCUT2D eigenvalue weighted by Gasteiger charge is 2.00. The van der Waals surface area contributed by atoms with Crippen LogP contribution in [0, 0.1) is 6.07 Å². The Morgan fingerprint density at radius 2 is 1.88 bits per heavy atom. The summed E-state index contributed by atoms with van der Waals surface area (Å²) < 4.78 is 0. The Morgan fingerprint density at radius 1 is 1.12 bits per heavy atom. The fraction of sp³-hybridized carbons (Fsp3) is 0.200. The number of anilines is 2. The number of hydrogen-bond donors (Lipinski definition) is 1. The van der Waals surface area contributed by atoms with Gasteiger partial charge in [0.15, 0.2) is 0 Å². The molecular weight excluding hydrogens is 208 g/mol. The smallest absolute Gasteiger partial charge is 0.0444 e. The molecule has 87 valence electrons. The molecule has 0 spiro atoms. The summed E-state index contributed by atoms with van der Waals surface area (Å²) in [6.07, 6.45) is 0.903. The van der Waals surface area contributed by atoms with Gasteiger partial charge in [-0.05, 0) is 35.7 Å². The zero-order valence-electron chi connectivity index (χ0n) is 10.3. The van der Waals surface area contributed by atoms with Crippen molar-refractivity contribution in [2.45, 2.75) is 6.42 Å². The third-order valence-corrected chi connectivity index (χ3v) is 2.69. The van der Waals surface area contributed by atoms with Crippen molar-refractivity contribution >= 4 is 11.4 Å². The molecule has 0 unspecified atom stereocenters. The van der Waals surface area contributed by atoms with E-state index in [0.717, 1.165) is 17.8 Å². The van der Waals surface area contributed by atoms with Gasteiger partial charge in [0.2, 0.25) is 0 Å². The second-order valence-corrected chi connectivity index (χ2v) is 4.40. The molecule has 0 aromatic heterocycles. The summed E-state index contributed by atoms with van der Waals surface area (Å²) in [5, 5.41) is 0. The van der Waals surface area contributed by atoms with Crippen molar-refractivity contribution in [2.75, 3.05) is 24.7 Å². The van der Waals surface area contributed by atoms with Crippen molar-refractivity contribution in [1.29, 1.82) is 0 Å². The van der Waals surface area contributed by atoms with E-state index < -0.39 is 0 Å². The molecule has 2 N–H and O–H groups in total. The Balaban J connectivity index is 2.21. The molecule has 0 amide bonds. The van der Waals surface area contributed by atoms with Crippen molar-refractivity contribution in [3.8, 4) is 0 Å². The number of nitrogens with two attached hydrogens (primary N) is 1. The van der Waals surface area contributed by atoms with Gasteiger partial charge in [-0.25, -0.2) is 0 Å². The largest absolute Gasteiger partial charge is 0.399 e. The van der Waals surface area contributed by atoms with Crippen LogP contribution in [0.5, 0.6) is 0 Å². The Bertz CT molecular complexity index is 504. The molecule has 0 aliphatic rings. The van der Waals surface area contributed by atoms with Crippen molar-refractivity contribution in [1.82, 2.24) is 0 Å². The molecule has 0 aliphatic heterocycles. The molecule has 0 atom stereocenters. The van der Waals surface area contributed by atoms with Gasteiger partial charge in [0, 0.05) is 31.5 Å². The average Bonchev–Trinajstić information content (AvgIpc) is 2.29. The standard InChI is InChI=1S/C15H17N2/c1-17(2)15-8-4-6-13(11-15)9-12-5-3-7-14(16)10-12/h3-7,10-11H,9,16H2,1-2H3. The summed E-state index contributed by atoms with van der Waals surface area (Å²) in [5.74, 6) is 0. The fourth-order valence-electron chi connectivity index (χ4n) is 1.81. The number of nitrogens with zero attached hydrogens (tertiary/aromatic N) is 1. The molecule has 17 heavy (non-hydrogen) atoms. The summed E-state index contributed by atoms with van der Waals surface area (Å²) in [5.41, 5.74) is 10.2. The molecule has 2 nitrogen and oxygen atoms in total. The topological polar surface area (TPSA) is 29.3 Å². The maximum absolute atomic E-state index is 5.78. The van der Waals surface area contributed by atoms with Gasteiger partial charge in [-0.1, -0.05) is 24.3 Å². The second-order valence-electron chi connectivity index (χ2n) is 4.40. The van der Waals surface area contributed by atoms with Crippen LogP contribution in [0.1, 0.15) is 11.1 Å². The van der Waals surface area contributed by atoms with Crippen LogP contribution < -0.4 is 10.6 Å². The average molecular weight is 225 g/mol. The number of rotatable bonds is 3. The van der Waals surface area contributed by atoms with E-state index in [1.54, 1.807) is 0 Å². The summed E-state index contributed by atoms with van der Waals surface area (Å²) in [7, 11) is 4.05. The van der Waals surface area contributed by atoms with Crippen LogP contribution in [0.2, 0.25) is 0 Å². The van der Waals surface area contributed by atoms with E-state index in [9.17, 15) is 0 Å². The highest BCUT2D eigenvalue weighted by molar-refractivity contribution is 5.48. The van der Waals surface area contributed by atoms with Gasteiger partial charge in [-0.15, -0.1) is 0 Å². The fourth-order valence-corrected chi connectivity index (χ4v) is 1.81. The van der Waals surface area contributed by atoms with Gasteiger partial charge < -0.3 is 10.6 Å². The van der Waals surface area contributed by atoms with E-state index >= 15 is 0 Å². The second kappa shape index (κ2) is 4.91.